The smallest absolute Gasteiger partial charge is 0.228 e. The van der Waals surface area contributed by atoms with Crippen molar-refractivity contribution >= 4 is 23.1 Å². The van der Waals surface area contributed by atoms with E-state index in [1.165, 1.54) is 6.92 Å². The number of fused-ring (bicyclic) bond motifs is 1. The molecule has 0 fully saturated rings. The third-order valence-electron chi connectivity index (χ3n) is 3.06. The minimum absolute atomic E-state index is 0.0655. The van der Waals surface area contributed by atoms with E-state index in [1.807, 2.05) is 45.0 Å². The van der Waals surface area contributed by atoms with E-state index in [1.54, 1.807) is 4.57 Å². The van der Waals surface area contributed by atoms with Crippen LogP contribution in [-0.4, -0.2) is 16.8 Å². The van der Waals surface area contributed by atoms with Crippen molar-refractivity contribution in [1.82, 2.24) is 4.57 Å². The SMILES string of the molecule is CC(=O)n1c(C(C)(C)C)c(C=O)c2ccccc21. The zero-order valence-corrected chi connectivity index (χ0v) is 11.2. The van der Waals surface area contributed by atoms with Gasteiger partial charge < -0.3 is 0 Å². The van der Waals surface area contributed by atoms with Crippen LogP contribution in [0.15, 0.2) is 24.3 Å². The van der Waals surface area contributed by atoms with Crippen molar-refractivity contribution < 1.29 is 9.59 Å². The van der Waals surface area contributed by atoms with Gasteiger partial charge in [-0.25, -0.2) is 0 Å². The van der Waals surface area contributed by atoms with Crippen molar-refractivity contribution in [3.8, 4) is 0 Å². The topological polar surface area (TPSA) is 39.1 Å². The number of aldehydes is 1. The van der Waals surface area contributed by atoms with Crippen LogP contribution < -0.4 is 0 Å². The summed E-state index contributed by atoms with van der Waals surface area (Å²) < 4.78 is 1.65. The predicted molar refractivity (Wildman–Crippen MR) is 72.3 cm³/mol. The molecule has 1 aromatic carbocycles. The summed E-state index contributed by atoms with van der Waals surface area (Å²) in [4.78, 5) is 23.3. The first kappa shape index (κ1) is 12.6. The van der Waals surface area contributed by atoms with Crippen LogP contribution in [0.3, 0.4) is 0 Å². The van der Waals surface area contributed by atoms with Crippen molar-refractivity contribution in [1.29, 1.82) is 0 Å². The second kappa shape index (κ2) is 4.09. The highest BCUT2D eigenvalue weighted by atomic mass is 16.1. The van der Waals surface area contributed by atoms with Gasteiger partial charge in [0, 0.05) is 29.0 Å². The molecular formula is C15H17NO2. The number of aromatic nitrogens is 1. The van der Waals surface area contributed by atoms with E-state index in [9.17, 15) is 9.59 Å². The molecule has 0 aliphatic carbocycles. The fourth-order valence-electron chi connectivity index (χ4n) is 2.45. The molecule has 0 N–H and O–H groups in total. The molecule has 0 bridgehead atoms. The van der Waals surface area contributed by atoms with E-state index in [-0.39, 0.29) is 11.3 Å². The summed E-state index contributed by atoms with van der Waals surface area (Å²) in [6, 6.07) is 7.52. The van der Waals surface area contributed by atoms with Crippen molar-refractivity contribution in [3.63, 3.8) is 0 Å². The summed E-state index contributed by atoms with van der Waals surface area (Å²) in [5.41, 5.74) is 1.94. The van der Waals surface area contributed by atoms with E-state index in [2.05, 4.69) is 0 Å². The Bertz CT molecular complexity index is 630. The van der Waals surface area contributed by atoms with Gasteiger partial charge in [-0.2, -0.15) is 0 Å². The van der Waals surface area contributed by atoms with Crippen molar-refractivity contribution in [2.75, 3.05) is 0 Å². The van der Waals surface area contributed by atoms with Crippen LogP contribution in [0.2, 0.25) is 0 Å². The lowest BCUT2D eigenvalue weighted by atomic mass is 9.89. The zero-order chi connectivity index (χ0) is 13.5. The second-order valence-corrected chi connectivity index (χ2v) is 5.50. The Morgan fingerprint density at radius 1 is 1.22 bits per heavy atom. The van der Waals surface area contributed by atoms with Crippen molar-refractivity contribution in [3.05, 3.63) is 35.5 Å². The zero-order valence-electron chi connectivity index (χ0n) is 11.2. The number of carbonyl (C=O) groups excluding carboxylic acids is 2. The minimum Gasteiger partial charge on any atom is -0.298 e. The molecule has 3 nitrogen and oxygen atoms in total. The molecule has 0 spiro atoms. The monoisotopic (exact) mass is 243 g/mol. The van der Waals surface area contributed by atoms with Crippen molar-refractivity contribution in [2.45, 2.75) is 33.1 Å². The molecule has 2 rings (SSSR count). The Balaban J connectivity index is 3.02. The lowest BCUT2D eigenvalue weighted by molar-refractivity contribution is 0.0935. The fraction of sp³-hybridized carbons (Fsp3) is 0.333. The molecule has 0 saturated carbocycles. The molecule has 3 heteroatoms. The lowest BCUT2D eigenvalue weighted by Crippen LogP contribution is -2.22. The summed E-state index contributed by atoms with van der Waals surface area (Å²) >= 11 is 0. The molecule has 2 aromatic rings. The Morgan fingerprint density at radius 2 is 1.83 bits per heavy atom. The highest BCUT2D eigenvalue weighted by Crippen LogP contribution is 2.33. The van der Waals surface area contributed by atoms with Crippen LogP contribution in [0.4, 0.5) is 0 Å². The van der Waals surface area contributed by atoms with Crippen LogP contribution in [0.1, 0.15) is 48.5 Å². The number of para-hydroxylation sites is 1. The van der Waals surface area contributed by atoms with Gasteiger partial charge in [-0.1, -0.05) is 39.0 Å². The van der Waals surface area contributed by atoms with Gasteiger partial charge in [0.05, 0.1) is 5.52 Å². The normalized spacial score (nSPS) is 11.8. The Morgan fingerprint density at radius 3 is 2.33 bits per heavy atom. The second-order valence-electron chi connectivity index (χ2n) is 5.50. The molecule has 18 heavy (non-hydrogen) atoms. The third-order valence-corrected chi connectivity index (χ3v) is 3.06. The van der Waals surface area contributed by atoms with Crippen LogP contribution in [0, 0.1) is 0 Å². The number of hydrogen-bond donors (Lipinski definition) is 0. The van der Waals surface area contributed by atoms with E-state index in [0.717, 1.165) is 22.9 Å². The molecule has 0 amide bonds. The highest BCUT2D eigenvalue weighted by Gasteiger charge is 2.27. The van der Waals surface area contributed by atoms with E-state index in [4.69, 9.17) is 0 Å². The quantitative estimate of drug-likeness (QED) is 0.720. The average Bonchev–Trinajstić information content (AvgIpc) is 2.62. The number of carbonyl (C=O) groups is 2. The predicted octanol–water partition coefficient (Wildman–Crippen LogP) is 3.41. The molecule has 0 unspecified atom stereocenters. The van der Waals surface area contributed by atoms with Crippen LogP contribution in [0.5, 0.6) is 0 Å². The molecule has 0 aliphatic rings. The maximum absolute atomic E-state index is 11.9. The van der Waals surface area contributed by atoms with Gasteiger partial charge in [-0.3, -0.25) is 14.2 Å². The van der Waals surface area contributed by atoms with Crippen molar-refractivity contribution in [2.24, 2.45) is 0 Å². The maximum Gasteiger partial charge on any atom is 0.228 e. The maximum atomic E-state index is 11.9. The molecule has 0 aliphatic heterocycles. The molecule has 94 valence electrons. The Hall–Kier alpha value is -1.90. The Labute approximate surface area is 106 Å². The van der Waals surface area contributed by atoms with E-state index in [0.29, 0.717) is 5.56 Å². The van der Waals surface area contributed by atoms with E-state index >= 15 is 0 Å². The Kier molecular flexibility index (Phi) is 2.85. The molecule has 1 aromatic heterocycles. The summed E-state index contributed by atoms with van der Waals surface area (Å²) in [6.07, 6.45) is 0.850. The number of nitrogens with zero attached hydrogens (tertiary/aromatic N) is 1. The molecular weight excluding hydrogens is 226 g/mol. The average molecular weight is 243 g/mol. The fourth-order valence-corrected chi connectivity index (χ4v) is 2.45. The number of rotatable bonds is 1. The van der Waals surface area contributed by atoms with Gasteiger partial charge in [-0.05, 0) is 6.07 Å². The van der Waals surface area contributed by atoms with Gasteiger partial charge in [0.15, 0.2) is 6.29 Å². The first-order valence-corrected chi connectivity index (χ1v) is 5.98. The van der Waals surface area contributed by atoms with Gasteiger partial charge >= 0.3 is 0 Å². The van der Waals surface area contributed by atoms with Gasteiger partial charge in [0.1, 0.15) is 0 Å². The first-order valence-electron chi connectivity index (χ1n) is 5.98. The van der Waals surface area contributed by atoms with Gasteiger partial charge in [0.2, 0.25) is 5.91 Å². The van der Waals surface area contributed by atoms with Crippen LogP contribution in [-0.2, 0) is 5.41 Å². The highest BCUT2D eigenvalue weighted by molar-refractivity contribution is 6.04. The summed E-state index contributed by atoms with van der Waals surface area (Å²) in [5, 5.41) is 0.840. The largest absolute Gasteiger partial charge is 0.298 e. The van der Waals surface area contributed by atoms with Crippen LogP contribution >= 0.6 is 0 Å². The first-order chi connectivity index (χ1) is 8.38. The summed E-state index contributed by atoms with van der Waals surface area (Å²) in [6.45, 7) is 7.55. The number of hydrogen-bond acceptors (Lipinski definition) is 2. The van der Waals surface area contributed by atoms with E-state index < -0.39 is 0 Å². The standard InChI is InChI=1S/C15H17NO2/c1-10(18)16-13-8-6-5-7-11(13)12(9-17)14(16)15(2,3)4/h5-9H,1-4H3. The van der Waals surface area contributed by atoms with Gasteiger partial charge in [-0.15, -0.1) is 0 Å². The third kappa shape index (κ3) is 1.76. The summed E-state index contributed by atoms with van der Waals surface area (Å²) in [7, 11) is 0. The van der Waals surface area contributed by atoms with Gasteiger partial charge in [0.25, 0.3) is 0 Å². The molecule has 1 heterocycles. The lowest BCUT2D eigenvalue weighted by Gasteiger charge is -2.21. The minimum atomic E-state index is -0.263. The van der Waals surface area contributed by atoms with Crippen LogP contribution in [0.25, 0.3) is 10.9 Å². The molecule has 0 radical (unpaired) electrons. The molecule has 0 saturated heterocycles. The molecule has 0 atom stereocenters. The summed E-state index contributed by atoms with van der Waals surface area (Å²) in [5.74, 6) is -0.0655. The number of benzene rings is 1.